The van der Waals surface area contributed by atoms with E-state index >= 15 is 0 Å². The number of hydrogen-bond acceptors (Lipinski definition) is 2. The lowest BCUT2D eigenvalue weighted by molar-refractivity contribution is 0.552. The van der Waals surface area contributed by atoms with E-state index < -0.39 is 0 Å². The van der Waals surface area contributed by atoms with Crippen LogP contribution in [0.2, 0.25) is 0 Å². The number of benzene rings is 2. The van der Waals surface area contributed by atoms with Crippen LogP contribution in [0.5, 0.6) is 0 Å². The van der Waals surface area contributed by atoms with Crippen molar-refractivity contribution in [1.82, 2.24) is 5.32 Å². The predicted molar refractivity (Wildman–Crippen MR) is 89.7 cm³/mol. The number of anilines is 1. The van der Waals surface area contributed by atoms with Crippen molar-refractivity contribution in [2.24, 2.45) is 0 Å². The van der Waals surface area contributed by atoms with Gasteiger partial charge < -0.3 is 10.2 Å². The molecule has 0 radical (unpaired) electrons. The molecule has 1 aliphatic heterocycles. The molecular formula is C19H24N2. The molecule has 0 saturated carbocycles. The summed E-state index contributed by atoms with van der Waals surface area (Å²) in [5.41, 5.74) is 6.90. The van der Waals surface area contributed by atoms with Gasteiger partial charge in [-0.1, -0.05) is 36.4 Å². The van der Waals surface area contributed by atoms with Gasteiger partial charge in [0.25, 0.3) is 0 Å². The minimum atomic E-state index is 0.504. The predicted octanol–water partition coefficient (Wildman–Crippen LogP) is 3.80. The van der Waals surface area contributed by atoms with E-state index in [1.807, 2.05) is 0 Å². The van der Waals surface area contributed by atoms with Gasteiger partial charge in [-0.15, -0.1) is 0 Å². The lowest BCUT2D eigenvalue weighted by Crippen LogP contribution is -2.35. The molecule has 0 amide bonds. The standard InChI is InChI=1S/C19H24N2/c1-14-8-9-17(10-15(14)2)13-21-12-16(3)20-11-18-6-4-5-7-19(18)21/h4-10,16,20H,11-13H2,1-3H3. The Hall–Kier alpha value is -1.80. The van der Waals surface area contributed by atoms with Crippen molar-refractivity contribution in [2.75, 3.05) is 11.4 Å². The highest BCUT2D eigenvalue weighted by Gasteiger charge is 2.18. The molecular weight excluding hydrogens is 256 g/mol. The molecule has 1 N–H and O–H groups in total. The molecule has 0 aromatic heterocycles. The van der Waals surface area contributed by atoms with Crippen LogP contribution in [0.1, 0.15) is 29.2 Å². The lowest BCUT2D eigenvalue weighted by atomic mass is 10.1. The van der Waals surface area contributed by atoms with Crippen molar-refractivity contribution < 1.29 is 0 Å². The van der Waals surface area contributed by atoms with Gasteiger partial charge >= 0.3 is 0 Å². The molecule has 21 heavy (non-hydrogen) atoms. The van der Waals surface area contributed by atoms with E-state index in [2.05, 4.69) is 73.5 Å². The number of hydrogen-bond donors (Lipinski definition) is 1. The van der Waals surface area contributed by atoms with E-state index in [0.717, 1.165) is 19.6 Å². The second-order valence-electron chi connectivity index (χ2n) is 6.21. The smallest absolute Gasteiger partial charge is 0.0430 e. The maximum atomic E-state index is 3.60. The monoisotopic (exact) mass is 280 g/mol. The van der Waals surface area contributed by atoms with E-state index in [0.29, 0.717) is 6.04 Å². The fraction of sp³-hybridized carbons (Fsp3) is 0.368. The van der Waals surface area contributed by atoms with Gasteiger partial charge in [0.05, 0.1) is 0 Å². The summed E-state index contributed by atoms with van der Waals surface area (Å²) < 4.78 is 0. The lowest BCUT2D eigenvalue weighted by Gasteiger charge is -2.27. The molecule has 1 unspecified atom stereocenters. The van der Waals surface area contributed by atoms with Crippen molar-refractivity contribution in [3.8, 4) is 0 Å². The third-order valence-electron chi connectivity index (χ3n) is 4.41. The molecule has 2 aromatic carbocycles. The number of rotatable bonds is 2. The summed E-state index contributed by atoms with van der Waals surface area (Å²) in [4.78, 5) is 2.50. The largest absolute Gasteiger partial charge is 0.365 e. The van der Waals surface area contributed by atoms with Gasteiger partial charge in [-0.25, -0.2) is 0 Å². The Balaban J connectivity index is 1.90. The number of fused-ring (bicyclic) bond motifs is 1. The highest BCUT2D eigenvalue weighted by atomic mass is 15.2. The molecule has 0 bridgehead atoms. The van der Waals surface area contributed by atoms with Crippen LogP contribution >= 0.6 is 0 Å². The van der Waals surface area contributed by atoms with E-state index in [1.165, 1.54) is 27.9 Å². The minimum Gasteiger partial charge on any atom is -0.365 e. The Morgan fingerprint density at radius 3 is 2.71 bits per heavy atom. The molecule has 1 aliphatic rings. The van der Waals surface area contributed by atoms with E-state index in [9.17, 15) is 0 Å². The fourth-order valence-corrected chi connectivity index (χ4v) is 3.02. The highest BCUT2D eigenvalue weighted by molar-refractivity contribution is 5.55. The van der Waals surface area contributed by atoms with Crippen LogP contribution in [0.15, 0.2) is 42.5 Å². The SMILES string of the molecule is Cc1ccc(CN2CC(C)NCc3ccccc32)cc1C. The summed E-state index contributed by atoms with van der Waals surface area (Å²) in [7, 11) is 0. The highest BCUT2D eigenvalue weighted by Crippen LogP contribution is 2.25. The Bertz CT molecular complexity index is 633. The first-order valence-electron chi connectivity index (χ1n) is 7.76. The van der Waals surface area contributed by atoms with Gasteiger partial charge in [-0.2, -0.15) is 0 Å². The maximum absolute atomic E-state index is 3.60. The Kier molecular flexibility index (Phi) is 3.98. The molecule has 110 valence electrons. The Morgan fingerprint density at radius 2 is 1.90 bits per heavy atom. The molecule has 3 rings (SSSR count). The van der Waals surface area contributed by atoms with E-state index in [1.54, 1.807) is 0 Å². The zero-order valence-electron chi connectivity index (χ0n) is 13.2. The summed E-state index contributed by atoms with van der Waals surface area (Å²) in [5.74, 6) is 0. The van der Waals surface area contributed by atoms with Crippen LogP contribution in [0.4, 0.5) is 5.69 Å². The third-order valence-corrected chi connectivity index (χ3v) is 4.41. The number of aryl methyl sites for hydroxylation is 2. The summed E-state index contributed by atoms with van der Waals surface area (Å²) >= 11 is 0. The molecule has 2 nitrogen and oxygen atoms in total. The molecule has 1 heterocycles. The normalized spacial score (nSPS) is 18.2. The quantitative estimate of drug-likeness (QED) is 0.900. The number of nitrogens with zero attached hydrogens (tertiary/aromatic N) is 1. The first kappa shape index (κ1) is 14.2. The van der Waals surface area contributed by atoms with Crippen molar-refractivity contribution in [1.29, 1.82) is 0 Å². The second-order valence-corrected chi connectivity index (χ2v) is 6.21. The van der Waals surface area contributed by atoms with Crippen molar-refractivity contribution in [3.05, 3.63) is 64.7 Å². The summed E-state index contributed by atoms with van der Waals surface area (Å²) in [5, 5.41) is 3.60. The molecule has 1 atom stereocenters. The van der Waals surface area contributed by atoms with Gasteiger partial charge in [0, 0.05) is 31.4 Å². The minimum absolute atomic E-state index is 0.504. The van der Waals surface area contributed by atoms with Crippen molar-refractivity contribution in [3.63, 3.8) is 0 Å². The van der Waals surface area contributed by atoms with Crippen LogP contribution in [0, 0.1) is 13.8 Å². The first-order valence-corrected chi connectivity index (χ1v) is 7.76. The van der Waals surface area contributed by atoms with E-state index in [-0.39, 0.29) is 0 Å². The molecule has 0 spiro atoms. The third kappa shape index (κ3) is 3.11. The molecule has 0 saturated heterocycles. The second kappa shape index (κ2) is 5.90. The average Bonchev–Trinajstić information content (AvgIpc) is 2.63. The Morgan fingerprint density at radius 1 is 1.10 bits per heavy atom. The Labute approximate surface area is 127 Å². The molecule has 2 heteroatoms. The fourth-order valence-electron chi connectivity index (χ4n) is 3.02. The van der Waals surface area contributed by atoms with Gasteiger partial charge in [0.1, 0.15) is 0 Å². The zero-order chi connectivity index (χ0) is 14.8. The van der Waals surface area contributed by atoms with Gasteiger partial charge in [0.15, 0.2) is 0 Å². The molecule has 0 fully saturated rings. The molecule has 0 aliphatic carbocycles. The number of nitrogens with one attached hydrogen (secondary N) is 1. The van der Waals surface area contributed by atoms with Crippen LogP contribution in [0.25, 0.3) is 0 Å². The van der Waals surface area contributed by atoms with Crippen LogP contribution in [0.3, 0.4) is 0 Å². The molecule has 2 aromatic rings. The van der Waals surface area contributed by atoms with Crippen molar-refractivity contribution >= 4 is 5.69 Å². The summed E-state index contributed by atoms with van der Waals surface area (Å²) in [6.45, 7) is 9.61. The average molecular weight is 280 g/mol. The van der Waals surface area contributed by atoms with Crippen LogP contribution in [-0.2, 0) is 13.1 Å². The van der Waals surface area contributed by atoms with E-state index in [4.69, 9.17) is 0 Å². The maximum Gasteiger partial charge on any atom is 0.0430 e. The summed E-state index contributed by atoms with van der Waals surface area (Å²) in [6, 6.07) is 16.1. The first-order chi connectivity index (χ1) is 10.1. The van der Waals surface area contributed by atoms with Crippen molar-refractivity contribution in [2.45, 2.75) is 39.9 Å². The van der Waals surface area contributed by atoms with Crippen LogP contribution < -0.4 is 10.2 Å². The topological polar surface area (TPSA) is 15.3 Å². The number of para-hydroxylation sites is 1. The van der Waals surface area contributed by atoms with Gasteiger partial charge in [-0.05, 0) is 49.1 Å². The van der Waals surface area contributed by atoms with Crippen LogP contribution in [-0.4, -0.2) is 12.6 Å². The summed E-state index contributed by atoms with van der Waals surface area (Å²) in [6.07, 6.45) is 0. The van der Waals surface area contributed by atoms with Gasteiger partial charge in [-0.3, -0.25) is 0 Å². The zero-order valence-corrected chi connectivity index (χ0v) is 13.2. The van der Waals surface area contributed by atoms with Gasteiger partial charge in [0.2, 0.25) is 0 Å².